The van der Waals surface area contributed by atoms with Crippen LogP contribution in [0.15, 0.2) is 48.5 Å². The molecule has 140 valence electrons. The topological polar surface area (TPSA) is 117 Å². The summed E-state index contributed by atoms with van der Waals surface area (Å²) in [6.07, 6.45) is 0. The summed E-state index contributed by atoms with van der Waals surface area (Å²) in [7, 11) is 0. The highest BCUT2D eigenvalue weighted by Crippen LogP contribution is 2.27. The standard InChI is InChI=1S/C18H16N8O2/c19-13-14-12-16(26(27)28)6-7-17(14)23-8-10-24(11-9-23)18-20-21-22-25(18)15-4-2-1-3-5-15/h1-7,12H,8-11H2. The van der Waals surface area contributed by atoms with Crippen LogP contribution in [-0.2, 0) is 0 Å². The second-order valence-electron chi connectivity index (χ2n) is 6.27. The molecule has 2 heterocycles. The second kappa shape index (κ2) is 7.32. The monoisotopic (exact) mass is 376 g/mol. The number of para-hydroxylation sites is 1. The Labute approximate surface area is 160 Å². The third-order valence-corrected chi connectivity index (χ3v) is 4.67. The van der Waals surface area contributed by atoms with Gasteiger partial charge in [0.05, 0.1) is 21.9 Å². The molecule has 28 heavy (non-hydrogen) atoms. The Hall–Kier alpha value is -4.00. The molecule has 0 amide bonds. The zero-order chi connectivity index (χ0) is 19.5. The van der Waals surface area contributed by atoms with E-state index in [1.807, 2.05) is 30.3 Å². The number of anilines is 2. The van der Waals surface area contributed by atoms with Gasteiger partial charge in [-0.05, 0) is 28.6 Å². The van der Waals surface area contributed by atoms with Gasteiger partial charge in [0.25, 0.3) is 5.69 Å². The minimum atomic E-state index is -0.494. The predicted molar refractivity (Wildman–Crippen MR) is 101 cm³/mol. The molecule has 0 aliphatic carbocycles. The van der Waals surface area contributed by atoms with Crippen LogP contribution in [-0.4, -0.2) is 51.3 Å². The molecule has 1 aromatic heterocycles. The number of hydrogen-bond acceptors (Lipinski definition) is 8. The molecule has 10 heteroatoms. The van der Waals surface area contributed by atoms with Crippen molar-refractivity contribution in [3.05, 3.63) is 64.2 Å². The maximum Gasteiger partial charge on any atom is 0.270 e. The lowest BCUT2D eigenvalue weighted by Gasteiger charge is -2.36. The lowest BCUT2D eigenvalue weighted by molar-refractivity contribution is -0.384. The van der Waals surface area contributed by atoms with E-state index in [0.29, 0.717) is 43.4 Å². The molecule has 0 atom stereocenters. The molecular weight excluding hydrogens is 360 g/mol. The van der Waals surface area contributed by atoms with Crippen LogP contribution in [0.5, 0.6) is 0 Å². The van der Waals surface area contributed by atoms with Crippen LogP contribution in [0.1, 0.15) is 5.56 Å². The molecule has 1 aliphatic rings. The zero-order valence-corrected chi connectivity index (χ0v) is 14.8. The summed E-state index contributed by atoms with van der Waals surface area (Å²) in [5, 5.41) is 32.4. The van der Waals surface area contributed by atoms with Gasteiger partial charge in [-0.15, -0.1) is 0 Å². The Morgan fingerprint density at radius 1 is 1.04 bits per heavy atom. The average molecular weight is 376 g/mol. The molecule has 3 aromatic rings. The van der Waals surface area contributed by atoms with Gasteiger partial charge >= 0.3 is 0 Å². The fourth-order valence-electron chi connectivity index (χ4n) is 3.27. The van der Waals surface area contributed by atoms with Gasteiger partial charge < -0.3 is 9.80 Å². The smallest absolute Gasteiger partial charge is 0.270 e. The van der Waals surface area contributed by atoms with Crippen molar-refractivity contribution in [3.63, 3.8) is 0 Å². The van der Waals surface area contributed by atoms with Crippen molar-refractivity contribution in [1.29, 1.82) is 5.26 Å². The number of nitro groups is 1. The Bertz CT molecular complexity index is 1040. The Kier molecular flexibility index (Phi) is 4.55. The molecule has 10 nitrogen and oxygen atoms in total. The van der Waals surface area contributed by atoms with Gasteiger partial charge in [0.15, 0.2) is 0 Å². The molecule has 0 bridgehead atoms. The van der Waals surface area contributed by atoms with Gasteiger partial charge in [0, 0.05) is 38.3 Å². The van der Waals surface area contributed by atoms with Gasteiger partial charge in [-0.25, -0.2) is 0 Å². The minimum Gasteiger partial charge on any atom is -0.367 e. The van der Waals surface area contributed by atoms with Gasteiger partial charge in [0.1, 0.15) is 6.07 Å². The van der Waals surface area contributed by atoms with E-state index >= 15 is 0 Å². The Balaban J connectivity index is 1.52. The number of hydrogen-bond donors (Lipinski definition) is 0. The molecule has 1 aliphatic heterocycles. The van der Waals surface area contributed by atoms with E-state index in [0.717, 1.165) is 5.69 Å². The van der Waals surface area contributed by atoms with Gasteiger partial charge in [-0.1, -0.05) is 23.3 Å². The van der Waals surface area contributed by atoms with Gasteiger partial charge in [-0.3, -0.25) is 10.1 Å². The highest BCUT2D eigenvalue weighted by atomic mass is 16.6. The van der Waals surface area contributed by atoms with Crippen molar-refractivity contribution in [1.82, 2.24) is 20.2 Å². The highest BCUT2D eigenvalue weighted by molar-refractivity contribution is 5.63. The van der Waals surface area contributed by atoms with Crippen LogP contribution in [0.2, 0.25) is 0 Å². The molecular formula is C18H16N8O2. The first-order chi connectivity index (χ1) is 13.7. The van der Waals surface area contributed by atoms with Crippen LogP contribution in [0.4, 0.5) is 17.3 Å². The van der Waals surface area contributed by atoms with Crippen LogP contribution in [0.3, 0.4) is 0 Å². The molecule has 0 unspecified atom stereocenters. The molecule has 0 N–H and O–H groups in total. The average Bonchev–Trinajstić information content (AvgIpc) is 3.24. The number of nitriles is 1. The number of benzene rings is 2. The SMILES string of the molecule is N#Cc1cc([N+](=O)[O-])ccc1N1CCN(c2nnnn2-c2ccccc2)CC1. The number of nitro benzene ring substituents is 1. The number of rotatable bonds is 4. The van der Waals surface area contributed by atoms with E-state index in [4.69, 9.17) is 0 Å². The molecule has 0 spiro atoms. The number of tetrazole rings is 1. The summed E-state index contributed by atoms with van der Waals surface area (Å²) in [5.41, 5.74) is 1.81. The lowest BCUT2D eigenvalue weighted by atomic mass is 10.1. The van der Waals surface area contributed by atoms with E-state index in [9.17, 15) is 15.4 Å². The van der Waals surface area contributed by atoms with Crippen LogP contribution < -0.4 is 9.80 Å². The molecule has 2 aromatic carbocycles. The van der Waals surface area contributed by atoms with Crippen LogP contribution in [0.25, 0.3) is 5.69 Å². The van der Waals surface area contributed by atoms with E-state index < -0.39 is 4.92 Å². The van der Waals surface area contributed by atoms with Crippen molar-refractivity contribution in [2.45, 2.75) is 0 Å². The molecule has 0 radical (unpaired) electrons. The summed E-state index contributed by atoms with van der Waals surface area (Å²) in [5.74, 6) is 0.662. The fourth-order valence-corrected chi connectivity index (χ4v) is 3.27. The van der Waals surface area contributed by atoms with E-state index in [2.05, 4.69) is 31.4 Å². The number of aromatic nitrogens is 4. The summed E-state index contributed by atoms with van der Waals surface area (Å²) in [4.78, 5) is 14.6. The Morgan fingerprint density at radius 2 is 1.75 bits per heavy atom. The Morgan fingerprint density at radius 3 is 2.43 bits per heavy atom. The highest BCUT2D eigenvalue weighted by Gasteiger charge is 2.24. The molecule has 1 saturated heterocycles. The molecule has 4 rings (SSSR count). The van der Waals surface area contributed by atoms with Crippen molar-refractivity contribution in [3.8, 4) is 11.8 Å². The fraction of sp³-hybridized carbons (Fsp3) is 0.222. The normalized spacial score (nSPS) is 14.0. The first-order valence-electron chi connectivity index (χ1n) is 8.69. The van der Waals surface area contributed by atoms with Crippen LogP contribution in [0, 0.1) is 21.4 Å². The lowest BCUT2D eigenvalue weighted by Crippen LogP contribution is -2.47. The van der Waals surface area contributed by atoms with Gasteiger partial charge in [0.2, 0.25) is 5.95 Å². The number of non-ortho nitro benzene ring substituents is 1. The van der Waals surface area contributed by atoms with E-state index in [1.54, 1.807) is 10.7 Å². The first-order valence-corrected chi connectivity index (χ1v) is 8.69. The predicted octanol–water partition coefficient (Wildman–Crippen LogP) is 1.77. The minimum absolute atomic E-state index is 0.0824. The van der Waals surface area contributed by atoms with Gasteiger partial charge in [-0.2, -0.15) is 9.94 Å². The van der Waals surface area contributed by atoms with Crippen molar-refractivity contribution >= 4 is 17.3 Å². The first kappa shape index (κ1) is 17.4. The van der Waals surface area contributed by atoms with Crippen molar-refractivity contribution < 1.29 is 4.92 Å². The summed E-state index contributed by atoms with van der Waals surface area (Å²) >= 11 is 0. The van der Waals surface area contributed by atoms with Crippen molar-refractivity contribution in [2.75, 3.05) is 36.0 Å². The van der Waals surface area contributed by atoms with Crippen LogP contribution >= 0.6 is 0 Å². The van der Waals surface area contributed by atoms with Crippen molar-refractivity contribution in [2.24, 2.45) is 0 Å². The summed E-state index contributed by atoms with van der Waals surface area (Å²) < 4.78 is 1.70. The van der Waals surface area contributed by atoms with E-state index in [-0.39, 0.29) is 5.69 Å². The molecule has 0 saturated carbocycles. The zero-order valence-electron chi connectivity index (χ0n) is 14.8. The third-order valence-electron chi connectivity index (χ3n) is 4.67. The largest absolute Gasteiger partial charge is 0.367 e. The maximum absolute atomic E-state index is 10.9. The number of nitrogens with zero attached hydrogens (tertiary/aromatic N) is 8. The summed E-state index contributed by atoms with van der Waals surface area (Å²) in [6, 6.07) is 16.1. The second-order valence-corrected chi connectivity index (χ2v) is 6.27. The number of piperazine rings is 1. The maximum atomic E-state index is 10.9. The summed E-state index contributed by atoms with van der Waals surface area (Å²) in [6.45, 7) is 2.62. The van der Waals surface area contributed by atoms with E-state index in [1.165, 1.54) is 12.1 Å². The molecule has 1 fully saturated rings. The quantitative estimate of drug-likeness (QED) is 0.499. The third kappa shape index (κ3) is 3.21.